The average Bonchev–Trinajstić information content (AvgIpc) is 3.51. The van der Waals surface area contributed by atoms with Crippen molar-refractivity contribution in [1.82, 2.24) is 10.3 Å². The second-order valence-corrected chi connectivity index (χ2v) is 7.12. The Hall–Kier alpha value is -2.14. The lowest BCUT2D eigenvalue weighted by Gasteiger charge is -2.15. The van der Waals surface area contributed by atoms with E-state index in [0.29, 0.717) is 18.0 Å². The second kappa shape index (κ2) is 9.37. The summed E-state index contributed by atoms with van der Waals surface area (Å²) in [6.07, 6.45) is 2.31. The number of nitrogens with one attached hydrogen (secondary N) is 1. The highest BCUT2D eigenvalue weighted by Crippen LogP contribution is 2.40. The van der Waals surface area contributed by atoms with Gasteiger partial charge in [0.1, 0.15) is 0 Å². The summed E-state index contributed by atoms with van der Waals surface area (Å²) in [5.74, 6) is 0.412. The average molecular weight is 418 g/mol. The minimum absolute atomic E-state index is 0. The lowest BCUT2D eigenvalue weighted by atomic mass is 10.0. The van der Waals surface area contributed by atoms with Gasteiger partial charge in [0.05, 0.1) is 11.1 Å². The number of pyridine rings is 1. The minimum Gasteiger partial charge on any atom is -0.350 e. The van der Waals surface area contributed by atoms with Gasteiger partial charge in [0.15, 0.2) is 0 Å². The third kappa shape index (κ3) is 4.82. The number of nitrogens with two attached hydrogens (primary N) is 1. The molecule has 0 radical (unpaired) electrons. The van der Waals surface area contributed by atoms with Gasteiger partial charge in [-0.1, -0.05) is 42.0 Å². The molecule has 1 fully saturated rings. The summed E-state index contributed by atoms with van der Waals surface area (Å²) < 4.78 is 0. The van der Waals surface area contributed by atoms with Gasteiger partial charge >= 0.3 is 0 Å². The van der Waals surface area contributed by atoms with Crippen LogP contribution >= 0.6 is 24.8 Å². The SMILES string of the molecule is Cc1ccc2nc(C3CC3)cc(C(=O)NCC(N)c3ccccc3)c2c1.Cl.Cl. The topological polar surface area (TPSA) is 68.0 Å². The number of fused-ring (bicyclic) bond motifs is 1. The smallest absolute Gasteiger partial charge is 0.252 e. The summed E-state index contributed by atoms with van der Waals surface area (Å²) >= 11 is 0. The number of nitrogens with zero attached hydrogens (tertiary/aromatic N) is 1. The molecule has 1 unspecified atom stereocenters. The van der Waals surface area contributed by atoms with Gasteiger partial charge in [-0.3, -0.25) is 9.78 Å². The van der Waals surface area contributed by atoms with E-state index in [1.165, 1.54) is 0 Å². The molecule has 2 aromatic carbocycles. The molecule has 1 saturated carbocycles. The van der Waals surface area contributed by atoms with E-state index in [-0.39, 0.29) is 36.8 Å². The van der Waals surface area contributed by atoms with Gasteiger partial charge in [0.25, 0.3) is 5.91 Å². The Morgan fingerprint density at radius 3 is 2.54 bits per heavy atom. The number of hydrogen-bond donors (Lipinski definition) is 2. The molecule has 0 aliphatic heterocycles. The molecule has 0 bridgehead atoms. The molecule has 0 spiro atoms. The van der Waals surface area contributed by atoms with Crippen LogP contribution < -0.4 is 11.1 Å². The van der Waals surface area contributed by atoms with Gasteiger partial charge in [-0.15, -0.1) is 24.8 Å². The molecule has 1 amide bonds. The first-order valence-corrected chi connectivity index (χ1v) is 9.12. The van der Waals surface area contributed by atoms with Gasteiger partial charge < -0.3 is 11.1 Å². The Bertz CT molecular complexity index is 959. The standard InChI is InChI=1S/C22H23N3O.2ClH/c1-14-7-10-20-17(11-14)18(12-21(25-20)16-8-9-16)22(26)24-13-19(23)15-5-3-2-4-6-15;;/h2-7,10-12,16,19H,8-9,13,23H2,1H3,(H,24,26);2*1H. The maximum absolute atomic E-state index is 12.9. The molecule has 1 atom stereocenters. The van der Waals surface area contributed by atoms with Crippen molar-refractivity contribution in [3.05, 3.63) is 77.0 Å². The Balaban J connectivity index is 0.00000140. The van der Waals surface area contributed by atoms with E-state index in [1.54, 1.807) is 0 Å². The number of carbonyl (C=O) groups is 1. The highest BCUT2D eigenvalue weighted by molar-refractivity contribution is 6.06. The van der Waals surface area contributed by atoms with Crippen LogP contribution in [-0.4, -0.2) is 17.4 Å². The van der Waals surface area contributed by atoms with Crippen LogP contribution in [-0.2, 0) is 0 Å². The fourth-order valence-corrected chi connectivity index (χ4v) is 3.25. The van der Waals surface area contributed by atoms with E-state index in [2.05, 4.69) is 5.32 Å². The Labute approximate surface area is 177 Å². The molecule has 148 valence electrons. The van der Waals surface area contributed by atoms with Crippen LogP contribution in [0.25, 0.3) is 10.9 Å². The largest absolute Gasteiger partial charge is 0.350 e. The lowest BCUT2D eigenvalue weighted by molar-refractivity contribution is 0.0952. The molecule has 1 heterocycles. The van der Waals surface area contributed by atoms with Crippen LogP contribution in [0.15, 0.2) is 54.6 Å². The quantitative estimate of drug-likeness (QED) is 0.632. The first-order valence-electron chi connectivity index (χ1n) is 9.12. The highest BCUT2D eigenvalue weighted by Gasteiger charge is 2.27. The molecule has 1 aliphatic rings. The number of aryl methyl sites for hydroxylation is 1. The molecule has 3 N–H and O–H groups in total. The van der Waals surface area contributed by atoms with Crippen molar-refractivity contribution in [2.24, 2.45) is 5.73 Å². The summed E-state index contributed by atoms with van der Waals surface area (Å²) in [7, 11) is 0. The summed E-state index contributed by atoms with van der Waals surface area (Å²) in [5, 5.41) is 3.91. The third-order valence-electron chi connectivity index (χ3n) is 4.93. The fraction of sp³-hybridized carbons (Fsp3) is 0.273. The lowest BCUT2D eigenvalue weighted by Crippen LogP contribution is -2.32. The molecule has 4 nitrogen and oxygen atoms in total. The number of benzene rings is 2. The van der Waals surface area contributed by atoms with E-state index in [9.17, 15) is 4.79 Å². The molecule has 0 saturated heterocycles. The molecule has 1 aliphatic carbocycles. The Morgan fingerprint density at radius 2 is 1.86 bits per heavy atom. The Kier molecular flexibility index (Phi) is 7.41. The van der Waals surface area contributed by atoms with E-state index in [4.69, 9.17) is 10.7 Å². The van der Waals surface area contributed by atoms with E-state index < -0.39 is 0 Å². The maximum Gasteiger partial charge on any atom is 0.252 e. The van der Waals surface area contributed by atoms with Crippen LogP contribution in [0.5, 0.6) is 0 Å². The van der Waals surface area contributed by atoms with Crippen molar-refractivity contribution in [3.8, 4) is 0 Å². The number of aromatic nitrogens is 1. The monoisotopic (exact) mass is 417 g/mol. The van der Waals surface area contributed by atoms with Crippen LogP contribution in [0, 0.1) is 6.92 Å². The minimum atomic E-state index is -0.224. The fourth-order valence-electron chi connectivity index (χ4n) is 3.25. The third-order valence-corrected chi connectivity index (χ3v) is 4.93. The first kappa shape index (κ1) is 22.2. The van der Waals surface area contributed by atoms with E-state index in [0.717, 1.165) is 40.6 Å². The molecular weight excluding hydrogens is 393 g/mol. The van der Waals surface area contributed by atoms with Crippen molar-refractivity contribution in [3.63, 3.8) is 0 Å². The van der Waals surface area contributed by atoms with E-state index in [1.807, 2.05) is 61.5 Å². The maximum atomic E-state index is 12.9. The van der Waals surface area contributed by atoms with Gasteiger partial charge in [0.2, 0.25) is 0 Å². The Morgan fingerprint density at radius 1 is 1.14 bits per heavy atom. The number of hydrogen-bond acceptors (Lipinski definition) is 3. The zero-order valence-corrected chi connectivity index (χ0v) is 17.4. The number of amides is 1. The van der Waals surface area contributed by atoms with Crippen LogP contribution in [0.3, 0.4) is 0 Å². The normalized spacial score (nSPS) is 13.9. The van der Waals surface area contributed by atoms with Gasteiger partial charge in [-0.2, -0.15) is 0 Å². The molecule has 1 aromatic heterocycles. The van der Waals surface area contributed by atoms with Gasteiger partial charge in [0, 0.05) is 29.6 Å². The molecule has 3 aromatic rings. The zero-order chi connectivity index (χ0) is 18.1. The van der Waals surface area contributed by atoms with Crippen molar-refractivity contribution in [2.45, 2.75) is 31.7 Å². The highest BCUT2D eigenvalue weighted by atomic mass is 35.5. The van der Waals surface area contributed by atoms with Gasteiger partial charge in [-0.05, 0) is 43.5 Å². The van der Waals surface area contributed by atoms with Crippen molar-refractivity contribution < 1.29 is 4.79 Å². The summed E-state index contributed by atoms with van der Waals surface area (Å²) in [6.45, 7) is 2.43. The summed E-state index contributed by atoms with van der Waals surface area (Å²) in [6, 6.07) is 17.6. The summed E-state index contributed by atoms with van der Waals surface area (Å²) in [5.41, 5.74) is 11.0. The first-order chi connectivity index (χ1) is 12.6. The number of rotatable bonds is 5. The van der Waals surface area contributed by atoms with Crippen molar-refractivity contribution in [1.29, 1.82) is 0 Å². The van der Waals surface area contributed by atoms with E-state index >= 15 is 0 Å². The molecule has 28 heavy (non-hydrogen) atoms. The number of carbonyl (C=O) groups excluding carboxylic acids is 1. The van der Waals surface area contributed by atoms with Crippen molar-refractivity contribution >= 4 is 41.6 Å². The van der Waals surface area contributed by atoms with Crippen LogP contribution in [0.1, 0.15) is 52.0 Å². The predicted molar refractivity (Wildman–Crippen MR) is 119 cm³/mol. The molecule has 6 heteroatoms. The molecular formula is C22H25Cl2N3O. The van der Waals surface area contributed by atoms with Crippen molar-refractivity contribution in [2.75, 3.05) is 6.54 Å². The van der Waals surface area contributed by atoms with Gasteiger partial charge in [-0.25, -0.2) is 0 Å². The zero-order valence-electron chi connectivity index (χ0n) is 15.7. The predicted octanol–water partition coefficient (Wildman–Crippen LogP) is 4.69. The molecule has 4 rings (SSSR count). The second-order valence-electron chi connectivity index (χ2n) is 7.12. The number of halogens is 2. The summed E-state index contributed by atoms with van der Waals surface area (Å²) in [4.78, 5) is 17.7. The van der Waals surface area contributed by atoms with Crippen LogP contribution in [0.2, 0.25) is 0 Å². The van der Waals surface area contributed by atoms with Crippen LogP contribution in [0.4, 0.5) is 0 Å².